The van der Waals surface area contributed by atoms with Crippen LogP contribution in [0.5, 0.6) is 0 Å². The molecule has 7 heteroatoms. The number of nitrogens with one attached hydrogen (secondary N) is 2. The van der Waals surface area contributed by atoms with E-state index in [1.807, 2.05) is 24.3 Å². The number of imidazole rings is 1. The summed E-state index contributed by atoms with van der Waals surface area (Å²) in [7, 11) is 0. The van der Waals surface area contributed by atoms with Gasteiger partial charge in [0.2, 0.25) is 0 Å². The molecule has 3 aromatic rings. The Bertz CT molecular complexity index is 960. The van der Waals surface area contributed by atoms with E-state index in [-0.39, 0.29) is 12.3 Å². The first kappa shape index (κ1) is 17.2. The van der Waals surface area contributed by atoms with E-state index in [1.54, 1.807) is 24.4 Å². The Morgan fingerprint density at radius 1 is 1.15 bits per heavy atom. The van der Waals surface area contributed by atoms with Gasteiger partial charge in [0.05, 0.1) is 5.69 Å². The summed E-state index contributed by atoms with van der Waals surface area (Å²) in [5, 5.41) is 16.2. The summed E-state index contributed by atoms with van der Waals surface area (Å²) in [4.78, 5) is 18.4. The number of carbonyl (C=O) groups is 1. The lowest BCUT2D eigenvalue weighted by Gasteiger charge is -2.06. The Kier molecular flexibility index (Phi) is 4.70. The maximum atomic E-state index is 10.7. The second kappa shape index (κ2) is 7.10. The fourth-order valence-corrected chi connectivity index (χ4v) is 2.65. The maximum absolute atomic E-state index is 10.7. The van der Waals surface area contributed by atoms with Crippen molar-refractivity contribution < 1.29 is 9.90 Å². The molecule has 0 aliphatic heterocycles. The van der Waals surface area contributed by atoms with Gasteiger partial charge >= 0.3 is 5.97 Å². The van der Waals surface area contributed by atoms with Gasteiger partial charge in [-0.1, -0.05) is 36.4 Å². The number of aryl methyl sites for hydroxylation is 1. The molecule has 0 radical (unpaired) electrons. The van der Waals surface area contributed by atoms with Crippen LogP contribution in [0, 0.1) is 5.41 Å². The number of nitrogen functional groups attached to an aromatic ring is 2. The molecular formula is C19H19N5O2. The average molecular weight is 349 g/mol. The van der Waals surface area contributed by atoms with Crippen molar-refractivity contribution >= 4 is 17.5 Å². The number of hydrogen-bond acceptors (Lipinski definition) is 4. The summed E-state index contributed by atoms with van der Waals surface area (Å²) in [6, 6.07) is 12.8. The number of aromatic amines is 1. The number of aliphatic carboxylic acids is 1. The van der Waals surface area contributed by atoms with Crippen LogP contribution in [0.3, 0.4) is 0 Å². The van der Waals surface area contributed by atoms with E-state index in [4.69, 9.17) is 22.0 Å². The van der Waals surface area contributed by atoms with Gasteiger partial charge in [0, 0.05) is 35.0 Å². The minimum absolute atomic E-state index is 0.0257. The molecule has 0 atom stereocenters. The third kappa shape index (κ3) is 3.72. The summed E-state index contributed by atoms with van der Waals surface area (Å²) in [5.74, 6) is -0.148. The van der Waals surface area contributed by atoms with Crippen LogP contribution in [0.1, 0.15) is 17.5 Å². The van der Waals surface area contributed by atoms with Gasteiger partial charge < -0.3 is 21.6 Å². The fraction of sp³-hybridized carbons (Fsp3) is 0.105. The number of aromatic nitrogens is 2. The lowest BCUT2D eigenvalue weighted by molar-refractivity contribution is -0.136. The number of nitrogens with two attached hydrogens (primary N) is 2. The number of rotatable bonds is 6. The van der Waals surface area contributed by atoms with E-state index in [1.165, 1.54) is 0 Å². The Hall–Kier alpha value is -3.61. The van der Waals surface area contributed by atoms with Crippen molar-refractivity contribution in [2.45, 2.75) is 12.8 Å². The van der Waals surface area contributed by atoms with Crippen molar-refractivity contribution in [1.29, 1.82) is 5.41 Å². The minimum Gasteiger partial charge on any atom is -0.481 e. The molecule has 3 rings (SSSR count). The largest absolute Gasteiger partial charge is 0.481 e. The third-order valence-electron chi connectivity index (χ3n) is 4.10. The topological polar surface area (TPSA) is 142 Å². The van der Waals surface area contributed by atoms with E-state index in [0.717, 1.165) is 22.4 Å². The average Bonchev–Trinajstić information content (AvgIpc) is 3.10. The summed E-state index contributed by atoms with van der Waals surface area (Å²) in [6.07, 6.45) is 2.24. The van der Waals surface area contributed by atoms with Crippen LogP contribution in [0.25, 0.3) is 22.6 Å². The van der Waals surface area contributed by atoms with Gasteiger partial charge in [-0.05, 0) is 18.1 Å². The van der Waals surface area contributed by atoms with Crippen molar-refractivity contribution in [3.05, 3.63) is 59.8 Å². The number of benzene rings is 2. The molecule has 0 saturated carbocycles. The van der Waals surface area contributed by atoms with Crippen molar-refractivity contribution in [2.24, 2.45) is 5.73 Å². The quantitative estimate of drug-likeness (QED) is 0.264. The summed E-state index contributed by atoms with van der Waals surface area (Å²) in [6.45, 7) is 0. The number of hydrogen-bond donors (Lipinski definition) is 5. The van der Waals surface area contributed by atoms with Gasteiger partial charge in [-0.25, -0.2) is 4.98 Å². The highest BCUT2D eigenvalue weighted by Gasteiger charge is 2.09. The smallest absolute Gasteiger partial charge is 0.303 e. The molecule has 0 amide bonds. The number of H-pyrrole nitrogens is 1. The van der Waals surface area contributed by atoms with Crippen molar-refractivity contribution in [3.63, 3.8) is 0 Å². The molecule has 7 nitrogen and oxygen atoms in total. The van der Waals surface area contributed by atoms with Crippen LogP contribution in [0.15, 0.2) is 48.7 Å². The van der Waals surface area contributed by atoms with Gasteiger partial charge in [0.1, 0.15) is 11.7 Å². The van der Waals surface area contributed by atoms with Gasteiger partial charge in [-0.2, -0.15) is 0 Å². The predicted molar refractivity (Wildman–Crippen MR) is 101 cm³/mol. The lowest BCUT2D eigenvalue weighted by Crippen LogP contribution is -2.10. The minimum atomic E-state index is -0.847. The number of amidine groups is 1. The van der Waals surface area contributed by atoms with Crippen LogP contribution >= 0.6 is 0 Å². The van der Waals surface area contributed by atoms with Gasteiger partial charge in [-0.3, -0.25) is 10.2 Å². The first-order valence-electron chi connectivity index (χ1n) is 8.05. The Labute approximate surface area is 150 Å². The highest BCUT2D eigenvalue weighted by atomic mass is 16.4. The third-order valence-corrected chi connectivity index (χ3v) is 4.10. The van der Waals surface area contributed by atoms with Crippen LogP contribution in [0.2, 0.25) is 0 Å². The zero-order valence-corrected chi connectivity index (χ0v) is 14.0. The van der Waals surface area contributed by atoms with Gasteiger partial charge in [0.25, 0.3) is 0 Å². The molecule has 0 aliphatic rings. The predicted octanol–water partition coefficient (Wildman–Crippen LogP) is 2.63. The number of carboxylic acids is 1. The van der Waals surface area contributed by atoms with Crippen molar-refractivity contribution in [3.8, 4) is 22.6 Å². The normalized spacial score (nSPS) is 10.6. The van der Waals surface area contributed by atoms with E-state index in [2.05, 4.69) is 9.97 Å². The Morgan fingerprint density at radius 3 is 2.46 bits per heavy atom. The zero-order chi connectivity index (χ0) is 18.7. The van der Waals surface area contributed by atoms with Crippen LogP contribution in [0.4, 0.5) is 5.69 Å². The molecule has 0 bridgehead atoms. The number of carboxylic acid groups (broad SMARTS) is 1. The van der Waals surface area contributed by atoms with Crippen LogP contribution < -0.4 is 11.5 Å². The van der Waals surface area contributed by atoms with Gasteiger partial charge in [0.15, 0.2) is 0 Å². The fourth-order valence-electron chi connectivity index (χ4n) is 2.65. The van der Waals surface area contributed by atoms with E-state index >= 15 is 0 Å². The summed E-state index contributed by atoms with van der Waals surface area (Å²) >= 11 is 0. The van der Waals surface area contributed by atoms with Crippen molar-refractivity contribution in [2.75, 3.05) is 5.73 Å². The molecule has 0 unspecified atom stereocenters. The molecule has 1 heterocycles. The molecular weight excluding hydrogens is 330 g/mol. The summed E-state index contributed by atoms with van der Waals surface area (Å²) < 4.78 is 0. The second-order valence-corrected chi connectivity index (χ2v) is 5.93. The first-order chi connectivity index (χ1) is 12.4. The zero-order valence-electron chi connectivity index (χ0n) is 14.0. The summed E-state index contributed by atoms with van der Waals surface area (Å²) in [5.41, 5.74) is 16.0. The maximum Gasteiger partial charge on any atom is 0.303 e. The molecule has 1 aromatic heterocycles. The molecule has 0 aliphatic carbocycles. The van der Waals surface area contributed by atoms with E-state index in [9.17, 15) is 4.79 Å². The molecule has 132 valence electrons. The van der Waals surface area contributed by atoms with E-state index < -0.39 is 5.97 Å². The van der Waals surface area contributed by atoms with Gasteiger partial charge in [-0.15, -0.1) is 0 Å². The molecule has 0 fully saturated rings. The van der Waals surface area contributed by atoms with Crippen LogP contribution in [-0.2, 0) is 11.2 Å². The number of anilines is 1. The molecule has 2 aromatic carbocycles. The Morgan fingerprint density at radius 2 is 1.85 bits per heavy atom. The first-order valence-corrected chi connectivity index (χ1v) is 8.05. The molecule has 7 N–H and O–H groups in total. The highest BCUT2D eigenvalue weighted by molar-refractivity contribution is 5.95. The molecule has 0 saturated heterocycles. The Balaban J connectivity index is 1.82. The second-order valence-electron chi connectivity index (χ2n) is 5.93. The van der Waals surface area contributed by atoms with E-state index in [0.29, 0.717) is 23.5 Å². The standard InChI is InChI=1S/C19H19N5O2/c20-15-9-14(6-1-11(15)7-8-17(25)26)19-23-10-16(24-19)12-2-4-13(5-3-12)18(21)22/h1-6,9-10H,7-8,20H2,(H3,21,22)(H,23,24)(H,25,26). The highest BCUT2D eigenvalue weighted by Crippen LogP contribution is 2.25. The monoisotopic (exact) mass is 349 g/mol. The molecule has 26 heavy (non-hydrogen) atoms. The van der Waals surface area contributed by atoms with Crippen molar-refractivity contribution in [1.82, 2.24) is 9.97 Å². The van der Waals surface area contributed by atoms with Crippen LogP contribution in [-0.4, -0.2) is 26.9 Å². The molecule has 0 spiro atoms. The number of nitrogens with zero attached hydrogens (tertiary/aromatic N) is 1. The SMILES string of the molecule is N=C(N)c1ccc(-c2c[nH]c(-c3ccc(CCC(=O)O)c(N)c3)n2)cc1. The lowest BCUT2D eigenvalue weighted by atomic mass is 10.0.